The lowest BCUT2D eigenvalue weighted by Gasteiger charge is -2.07. The first-order valence-corrected chi connectivity index (χ1v) is 9.86. The number of rotatable bonds is 5. The van der Waals surface area contributed by atoms with Gasteiger partial charge in [-0.1, -0.05) is 18.5 Å². The molecular weight excluding hydrogens is 372 g/mol. The van der Waals surface area contributed by atoms with Crippen LogP contribution < -0.4 is 0 Å². The van der Waals surface area contributed by atoms with Crippen LogP contribution in [0.2, 0.25) is 5.02 Å². The van der Waals surface area contributed by atoms with Gasteiger partial charge in [0, 0.05) is 27.9 Å². The second kappa shape index (κ2) is 6.19. The third-order valence-electron chi connectivity index (χ3n) is 3.46. The standard InChI is InChI=1S/C15H13ClN2O4S2/c1-2-24(21,22)13-4-3-9(16)5-11(13)12-8-18-7-10(6-14(19)20)23-15(18)17-12/h3-5,7-8H,2,6H2,1H3,(H,19,20). The van der Waals surface area contributed by atoms with Crippen LogP contribution in [0, 0.1) is 0 Å². The van der Waals surface area contributed by atoms with Gasteiger partial charge in [-0.25, -0.2) is 13.4 Å². The molecule has 0 saturated carbocycles. The van der Waals surface area contributed by atoms with E-state index in [1.807, 2.05) is 0 Å². The van der Waals surface area contributed by atoms with Gasteiger partial charge in [0.25, 0.3) is 0 Å². The average Bonchev–Trinajstić information content (AvgIpc) is 3.04. The largest absolute Gasteiger partial charge is 0.481 e. The number of imidazole rings is 1. The van der Waals surface area contributed by atoms with Gasteiger partial charge in [-0.05, 0) is 18.2 Å². The third-order valence-corrected chi connectivity index (χ3v) is 6.48. The number of aromatic nitrogens is 2. The van der Waals surface area contributed by atoms with E-state index >= 15 is 0 Å². The Morgan fingerprint density at radius 2 is 2.12 bits per heavy atom. The van der Waals surface area contributed by atoms with Crippen molar-refractivity contribution in [3.8, 4) is 11.3 Å². The second-order valence-corrected chi connectivity index (χ2v) is 8.90. The van der Waals surface area contributed by atoms with Crippen LogP contribution >= 0.6 is 22.9 Å². The van der Waals surface area contributed by atoms with E-state index in [4.69, 9.17) is 16.7 Å². The molecule has 3 aromatic rings. The van der Waals surface area contributed by atoms with E-state index in [0.717, 1.165) is 0 Å². The van der Waals surface area contributed by atoms with Gasteiger partial charge in [0.1, 0.15) is 0 Å². The quantitative estimate of drug-likeness (QED) is 0.730. The molecule has 0 atom stereocenters. The van der Waals surface area contributed by atoms with Crippen molar-refractivity contribution in [1.29, 1.82) is 0 Å². The molecule has 6 nitrogen and oxygen atoms in total. The number of fused-ring (bicyclic) bond motifs is 1. The Bertz CT molecular complexity index is 1010. The van der Waals surface area contributed by atoms with E-state index in [-0.39, 0.29) is 17.1 Å². The van der Waals surface area contributed by atoms with E-state index in [9.17, 15) is 13.2 Å². The highest BCUT2D eigenvalue weighted by Crippen LogP contribution is 2.32. The number of carbonyl (C=O) groups is 1. The molecule has 2 aromatic heterocycles. The van der Waals surface area contributed by atoms with Crippen LogP contribution in [0.25, 0.3) is 16.2 Å². The lowest BCUT2D eigenvalue weighted by atomic mass is 10.2. The summed E-state index contributed by atoms with van der Waals surface area (Å²) in [7, 11) is -3.42. The van der Waals surface area contributed by atoms with Crippen LogP contribution in [0.15, 0.2) is 35.5 Å². The summed E-state index contributed by atoms with van der Waals surface area (Å²) >= 11 is 7.28. The maximum absolute atomic E-state index is 12.3. The van der Waals surface area contributed by atoms with Gasteiger partial charge in [-0.3, -0.25) is 9.20 Å². The zero-order valence-corrected chi connectivity index (χ0v) is 15.0. The van der Waals surface area contributed by atoms with E-state index in [2.05, 4.69) is 4.98 Å². The Kier molecular flexibility index (Phi) is 4.37. The third kappa shape index (κ3) is 3.17. The lowest BCUT2D eigenvalue weighted by Crippen LogP contribution is -2.05. The van der Waals surface area contributed by atoms with Crippen LogP contribution in [-0.4, -0.2) is 34.6 Å². The van der Waals surface area contributed by atoms with Gasteiger partial charge >= 0.3 is 5.97 Å². The summed E-state index contributed by atoms with van der Waals surface area (Å²) in [5, 5.41) is 9.26. The molecule has 24 heavy (non-hydrogen) atoms. The lowest BCUT2D eigenvalue weighted by molar-refractivity contribution is -0.136. The second-order valence-electron chi connectivity index (χ2n) is 5.13. The number of aliphatic carboxylic acids is 1. The normalized spacial score (nSPS) is 11.9. The van der Waals surface area contributed by atoms with E-state index in [1.54, 1.807) is 29.8 Å². The molecule has 1 aromatic carbocycles. The van der Waals surface area contributed by atoms with E-state index in [1.165, 1.54) is 23.5 Å². The van der Waals surface area contributed by atoms with Crippen molar-refractivity contribution in [1.82, 2.24) is 9.38 Å². The van der Waals surface area contributed by atoms with E-state index in [0.29, 0.717) is 26.1 Å². The number of nitrogens with zero attached hydrogens (tertiary/aromatic N) is 2. The van der Waals surface area contributed by atoms with Gasteiger partial charge in [0.15, 0.2) is 14.8 Å². The summed E-state index contributed by atoms with van der Waals surface area (Å²) in [6.07, 6.45) is 3.29. The predicted molar refractivity (Wildman–Crippen MR) is 92.6 cm³/mol. The number of thiazole rings is 1. The van der Waals surface area contributed by atoms with Crippen LogP contribution in [-0.2, 0) is 21.1 Å². The molecule has 0 unspecified atom stereocenters. The fraction of sp³-hybridized carbons (Fsp3) is 0.200. The number of sulfone groups is 1. The summed E-state index contributed by atoms with van der Waals surface area (Å²) in [6.45, 7) is 1.58. The van der Waals surface area contributed by atoms with Crippen molar-refractivity contribution >= 4 is 43.7 Å². The SMILES string of the molecule is CCS(=O)(=O)c1ccc(Cl)cc1-c1cn2cc(CC(=O)O)sc2n1. The minimum atomic E-state index is -3.42. The number of carboxylic acids is 1. The van der Waals surface area contributed by atoms with Crippen LogP contribution in [0.4, 0.5) is 0 Å². The van der Waals surface area contributed by atoms with Gasteiger partial charge < -0.3 is 5.11 Å². The van der Waals surface area contributed by atoms with Gasteiger partial charge in [0.2, 0.25) is 0 Å². The zero-order chi connectivity index (χ0) is 17.5. The van der Waals surface area contributed by atoms with Gasteiger partial charge in [0.05, 0.1) is 22.8 Å². The zero-order valence-electron chi connectivity index (χ0n) is 12.6. The number of benzene rings is 1. The van der Waals surface area contributed by atoms with E-state index < -0.39 is 15.8 Å². The number of carboxylic acid groups (broad SMARTS) is 1. The molecule has 9 heteroatoms. The Labute approximate surface area is 147 Å². The smallest absolute Gasteiger partial charge is 0.308 e. The van der Waals surface area contributed by atoms with Crippen molar-refractivity contribution in [2.45, 2.75) is 18.2 Å². The molecule has 0 radical (unpaired) electrons. The summed E-state index contributed by atoms with van der Waals surface area (Å²) in [6, 6.07) is 4.60. The summed E-state index contributed by atoms with van der Waals surface area (Å²) < 4.78 is 26.3. The fourth-order valence-electron chi connectivity index (χ4n) is 2.33. The number of hydrogen-bond acceptors (Lipinski definition) is 5. The van der Waals surface area contributed by atoms with Crippen LogP contribution in [0.5, 0.6) is 0 Å². The molecule has 126 valence electrons. The van der Waals surface area contributed by atoms with Crippen molar-refractivity contribution in [2.24, 2.45) is 0 Å². The molecule has 0 saturated heterocycles. The highest BCUT2D eigenvalue weighted by Gasteiger charge is 2.20. The number of hydrogen-bond donors (Lipinski definition) is 1. The maximum atomic E-state index is 12.3. The predicted octanol–water partition coefficient (Wildman–Crippen LogP) is 3.14. The van der Waals surface area contributed by atoms with Crippen LogP contribution in [0.3, 0.4) is 0 Å². The molecule has 0 bridgehead atoms. The molecule has 1 N–H and O–H groups in total. The summed E-state index contributed by atoms with van der Waals surface area (Å²) in [5.74, 6) is -0.932. The Balaban J connectivity index is 2.12. The fourth-order valence-corrected chi connectivity index (χ4v) is 4.54. The summed E-state index contributed by atoms with van der Waals surface area (Å²) in [5.41, 5.74) is 0.928. The first kappa shape index (κ1) is 16.9. The molecule has 0 aliphatic carbocycles. The summed E-state index contributed by atoms with van der Waals surface area (Å²) in [4.78, 5) is 16.7. The highest BCUT2D eigenvalue weighted by molar-refractivity contribution is 7.91. The van der Waals surface area contributed by atoms with Crippen molar-refractivity contribution in [3.63, 3.8) is 0 Å². The first-order valence-electron chi connectivity index (χ1n) is 7.02. The number of halogens is 1. The van der Waals surface area contributed by atoms with Gasteiger partial charge in [-0.2, -0.15) is 0 Å². The first-order chi connectivity index (χ1) is 11.3. The highest BCUT2D eigenvalue weighted by atomic mass is 35.5. The van der Waals surface area contributed by atoms with Crippen molar-refractivity contribution in [2.75, 3.05) is 5.75 Å². The molecule has 3 rings (SSSR count). The van der Waals surface area contributed by atoms with Crippen LogP contribution in [0.1, 0.15) is 11.8 Å². The topological polar surface area (TPSA) is 88.7 Å². The molecule has 0 spiro atoms. The molecular formula is C15H13ClN2O4S2. The Morgan fingerprint density at radius 1 is 1.38 bits per heavy atom. The Morgan fingerprint density at radius 3 is 2.75 bits per heavy atom. The molecule has 0 amide bonds. The minimum Gasteiger partial charge on any atom is -0.481 e. The molecule has 0 aliphatic heterocycles. The minimum absolute atomic E-state index is 0.0212. The van der Waals surface area contributed by atoms with Crippen molar-refractivity contribution in [3.05, 3.63) is 40.5 Å². The molecule has 0 fully saturated rings. The van der Waals surface area contributed by atoms with Gasteiger partial charge in [-0.15, -0.1) is 11.3 Å². The van der Waals surface area contributed by atoms with Crippen molar-refractivity contribution < 1.29 is 18.3 Å². The molecule has 0 aliphatic rings. The monoisotopic (exact) mass is 384 g/mol. The maximum Gasteiger partial charge on any atom is 0.308 e. The molecule has 2 heterocycles. The Hall–Kier alpha value is -1.90. The average molecular weight is 385 g/mol.